The van der Waals surface area contributed by atoms with E-state index in [0.29, 0.717) is 0 Å². The van der Waals surface area contributed by atoms with Crippen molar-refractivity contribution in [1.29, 1.82) is 0 Å². The minimum Gasteiger partial charge on any atom is -0.0798 e. The van der Waals surface area contributed by atoms with E-state index in [9.17, 15) is 0 Å². The lowest BCUT2D eigenvalue weighted by molar-refractivity contribution is 0.507. The molecular formula is C24H30. The molecule has 1 unspecified atom stereocenters. The Hall–Kier alpha value is -1.82. The Labute approximate surface area is 147 Å². The molecule has 1 aliphatic carbocycles. The van der Waals surface area contributed by atoms with Gasteiger partial charge in [-0.1, -0.05) is 42.8 Å². The van der Waals surface area contributed by atoms with Crippen LogP contribution in [-0.4, -0.2) is 0 Å². The number of hydrogen-bond acceptors (Lipinski definition) is 0. The van der Waals surface area contributed by atoms with Crippen molar-refractivity contribution >= 4 is 5.57 Å². The van der Waals surface area contributed by atoms with Crippen molar-refractivity contribution in [2.24, 2.45) is 0 Å². The van der Waals surface area contributed by atoms with Crippen molar-refractivity contribution in [1.82, 2.24) is 0 Å². The van der Waals surface area contributed by atoms with E-state index in [1.54, 1.807) is 5.56 Å². The molecule has 0 spiro atoms. The number of benzene rings is 2. The molecular weight excluding hydrogens is 288 g/mol. The zero-order chi connectivity index (χ0) is 17.6. The molecule has 0 saturated heterocycles. The molecule has 0 aromatic heterocycles. The molecule has 0 heterocycles. The smallest absolute Gasteiger partial charge is 0.000525 e. The average molecular weight is 319 g/mol. The molecule has 0 heteroatoms. The van der Waals surface area contributed by atoms with Gasteiger partial charge in [0.05, 0.1) is 0 Å². The van der Waals surface area contributed by atoms with Crippen LogP contribution in [0, 0.1) is 41.5 Å². The van der Waals surface area contributed by atoms with Gasteiger partial charge in [-0.2, -0.15) is 0 Å². The third-order valence-electron chi connectivity index (χ3n) is 6.41. The van der Waals surface area contributed by atoms with Crippen molar-refractivity contribution < 1.29 is 0 Å². The van der Waals surface area contributed by atoms with Gasteiger partial charge in [0.2, 0.25) is 0 Å². The second-order valence-electron chi connectivity index (χ2n) is 8.04. The van der Waals surface area contributed by atoms with Gasteiger partial charge in [0, 0.05) is 5.41 Å². The first-order chi connectivity index (χ1) is 11.2. The first-order valence-corrected chi connectivity index (χ1v) is 9.08. The first kappa shape index (κ1) is 17.0. The van der Waals surface area contributed by atoms with Gasteiger partial charge in [-0.25, -0.2) is 0 Å². The van der Waals surface area contributed by atoms with Crippen LogP contribution in [-0.2, 0) is 5.41 Å². The maximum atomic E-state index is 2.47. The fourth-order valence-corrected chi connectivity index (χ4v) is 4.50. The Bertz CT molecular complexity index is 789. The van der Waals surface area contributed by atoms with E-state index in [1.807, 2.05) is 0 Å². The molecule has 24 heavy (non-hydrogen) atoms. The summed E-state index contributed by atoms with van der Waals surface area (Å²) in [5, 5.41) is 0. The van der Waals surface area contributed by atoms with Crippen LogP contribution >= 0.6 is 0 Å². The normalized spacial score (nSPS) is 20.4. The fraction of sp³-hybridized carbons (Fsp3) is 0.417. The van der Waals surface area contributed by atoms with Gasteiger partial charge in [0.25, 0.3) is 0 Å². The highest BCUT2D eigenvalue weighted by atomic mass is 14.4. The van der Waals surface area contributed by atoms with E-state index in [4.69, 9.17) is 0 Å². The van der Waals surface area contributed by atoms with E-state index in [1.165, 1.54) is 44.5 Å². The lowest BCUT2D eigenvalue weighted by Crippen LogP contribution is -2.22. The highest BCUT2D eigenvalue weighted by molar-refractivity contribution is 5.71. The molecule has 1 atom stereocenters. The summed E-state index contributed by atoms with van der Waals surface area (Å²) in [5.41, 5.74) is 13.4. The zero-order valence-electron chi connectivity index (χ0n) is 16.3. The van der Waals surface area contributed by atoms with Crippen LogP contribution in [0.4, 0.5) is 0 Å². The summed E-state index contributed by atoms with van der Waals surface area (Å²) in [6, 6.07) is 9.00. The van der Waals surface area contributed by atoms with Crippen LogP contribution in [0.1, 0.15) is 64.3 Å². The van der Waals surface area contributed by atoms with Crippen molar-refractivity contribution in [3.05, 3.63) is 74.8 Å². The molecule has 2 aromatic carbocycles. The summed E-state index contributed by atoms with van der Waals surface area (Å²) in [7, 11) is 0. The molecule has 0 aliphatic heterocycles. The van der Waals surface area contributed by atoms with Crippen LogP contribution in [0.2, 0.25) is 0 Å². The molecule has 3 rings (SSSR count). The van der Waals surface area contributed by atoms with Crippen LogP contribution in [0.5, 0.6) is 0 Å². The predicted octanol–water partition coefficient (Wildman–Crippen LogP) is 6.67. The van der Waals surface area contributed by atoms with Crippen molar-refractivity contribution in [2.75, 3.05) is 0 Å². The molecule has 0 amide bonds. The summed E-state index contributed by atoms with van der Waals surface area (Å²) < 4.78 is 0. The zero-order valence-corrected chi connectivity index (χ0v) is 16.3. The van der Waals surface area contributed by atoms with Crippen LogP contribution in [0.15, 0.2) is 30.3 Å². The molecule has 0 saturated carbocycles. The lowest BCUT2D eigenvalue weighted by atomic mass is 9.72. The minimum atomic E-state index is 0.220. The lowest BCUT2D eigenvalue weighted by Gasteiger charge is -2.32. The van der Waals surface area contributed by atoms with Gasteiger partial charge < -0.3 is 0 Å². The van der Waals surface area contributed by atoms with Gasteiger partial charge in [-0.3, -0.25) is 0 Å². The molecule has 1 aliphatic rings. The summed E-state index contributed by atoms with van der Waals surface area (Å²) >= 11 is 0. The average Bonchev–Trinajstić information content (AvgIpc) is 2.95. The highest BCUT2D eigenvalue weighted by Crippen LogP contribution is 2.47. The maximum absolute atomic E-state index is 2.47. The Kier molecular flexibility index (Phi) is 4.20. The Balaban J connectivity index is 2.02. The van der Waals surface area contributed by atoms with Crippen LogP contribution in [0.3, 0.4) is 0 Å². The topological polar surface area (TPSA) is 0 Å². The van der Waals surface area contributed by atoms with Gasteiger partial charge >= 0.3 is 0 Å². The van der Waals surface area contributed by atoms with Gasteiger partial charge in [-0.15, -0.1) is 0 Å². The van der Waals surface area contributed by atoms with Gasteiger partial charge in [-0.05, 0) is 98.9 Å². The molecule has 0 nitrogen and oxygen atoms in total. The molecule has 0 bridgehead atoms. The van der Waals surface area contributed by atoms with E-state index < -0.39 is 0 Å². The number of rotatable bonds is 2. The monoisotopic (exact) mass is 318 g/mol. The third kappa shape index (κ3) is 2.62. The standard InChI is InChI=1S/C24H30/c1-15-8-10-21(11-9-15)22-12-13-24(7,14-22)23-19(5)17(3)16(2)18(4)20(23)6/h8-12H,13-14H2,1-7H3. The Morgan fingerprint density at radius 2 is 1.21 bits per heavy atom. The number of allylic oxidation sites excluding steroid dienone is 2. The SMILES string of the molecule is Cc1ccc(C2=CCC(C)(c3c(C)c(C)c(C)c(C)c3C)C2)cc1. The van der Waals surface area contributed by atoms with Gasteiger partial charge in [0.1, 0.15) is 0 Å². The Morgan fingerprint density at radius 3 is 1.75 bits per heavy atom. The predicted molar refractivity (Wildman–Crippen MR) is 106 cm³/mol. The maximum Gasteiger partial charge on any atom is 0.000525 e. The minimum absolute atomic E-state index is 0.220. The van der Waals surface area contributed by atoms with E-state index in [-0.39, 0.29) is 5.41 Å². The second kappa shape index (κ2) is 5.92. The van der Waals surface area contributed by atoms with Crippen molar-refractivity contribution in [3.8, 4) is 0 Å². The van der Waals surface area contributed by atoms with E-state index >= 15 is 0 Å². The van der Waals surface area contributed by atoms with Crippen molar-refractivity contribution in [2.45, 2.75) is 66.7 Å². The first-order valence-electron chi connectivity index (χ1n) is 9.08. The summed E-state index contributed by atoms with van der Waals surface area (Å²) in [6.07, 6.45) is 4.74. The molecule has 126 valence electrons. The molecule has 0 radical (unpaired) electrons. The molecule has 0 fully saturated rings. The summed E-state index contributed by atoms with van der Waals surface area (Å²) in [4.78, 5) is 0. The molecule has 2 aromatic rings. The van der Waals surface area contributed by atoms with Gasteiger partial charge in [0.15, 0.2) is 0 Å². The summed E-state index contributed by atoms with van der Waals surface area (Å²) in [5.74, 6) is 0. The van der Waals surface area contributed by atoms with Crippen LogP contribution < -0.4 is 0 Å². The number of hydrogen-bond donors (Lipinski definition) is 0. The van der Waals surface area contributed by atoms with E-state index in [2.05, 4.69) is 78.8 Å². The quantitative estimate of drug-likeness (QED) is 0.580. The van der Waals surface area contributed by atoms with E-state index in [0.717, 1.165) is 12.8 Å². The number of aryl methyl sites for hydroxylation is 1. The largest absolute Gasteiger partial charge is 0.0798 e. The third-order valence-corrected chi connectivity index (χ3v) is 6.41. The summed E-state index contributed by atoms with van der Waals surface area (Å²) in [6.45, 7) is 16.1. The second-order valence-corrected chi connectivity index (χ2v) is 8.04. The Morgan fingerprint density at radius 1 is 0.708 bits per heavy atom. The van der Waals surface area contributed by atoms with Crippen molar-refractivity contribution in [3.63, 3.8) is 0 Å². The fourth-order valence-electron chi connectivity index (χ4n) is 4.50. The van der Waals surface area contributed by atoms with Crippen LogP contribution in [0.25, 0.3) is 5.57 Å². The highest BCUT2D eigenvalue weighted by Gasteiger charge is 2.35. The molecule has 0 N–H and O–H groups in total.